The van der Waals surface area contributed by atoms with Gasteiger partial charge in [-0.15, -0.1) is 0 Å². The summed E-state index contributed by atoms with van der Waals surface area (Å²) < 4.78 is 18.2. The van der Waals surface area contributed by atoms with Crippen LogP contribution in [-0.4, -0.2) is 12.9 Å². The SMILES string of the molecule is COc1ccc(N2N=C(N)C[C@H]2c2ccc(F)cc2)cc1. The molecule has 2 aromatic carbocycles. The van der Waals surface area contributed by atoms with Gasteiger partial charge in [0.05, 0.1) is 18.8 Å². The molecule has 1 aliphatic rings. The zero-order valence-electron chi connectivity index (χ0n) is 11.7. The molecule has 2 aromatic rings. The van der Waals surface area contributed by atoms with Gasteiger partial charge in [-0.25, -0.2) is 4.39 Å². The smallest absolute Gasteiger partial charge is 0.123 e. The molecule has 0 aromatic heterocycles. The predicted molar refractivity (Wildman–Crippen MR) is 80.9 cm³/mol. The third kappa shape index (κ3) is 2.67. The van der Waals surface area contributed by atoms with Gasteiger partial charge in [0.15, 0.2) is 0 Å². The summed E-state index contributed by atoms with van der Waals surface area (Å²) >= 11 is 0. The number of ether oxygens (including phenoxy) is 1. The van der Waals surface area contributed by atoms with Crippen LogP contribution in [0.5, 0.6) is 5.75 Å². The highest BCUT2D eigenvalue weighted by atomic mass is 19.1. The van der Waals surface area contributed by atoms with E-state index in [0.717, 1.165) is 17.0 Å². The van der Waals surface area contributed by atoms with Crippen molar-refractivity contribution in [1.29, 1.82) is 0 Å². The molecule has 0 saturated carbocycles. The summed E-state index contributed by atoms with van der Waals surface area (Å²) in [4.78, 5) is 0. The molecule has 1 aliphatic heterocycles. The maximum absolute atomic E-state index is 13.1. The highest BCUT2D eigenvalue weighted by molar-refractivity contribution is 5.85. The number of nitrogens with zero attached hydrogens (tertiary/aromatic N) is 2. The van der Waals surface area contributed by atoms with Crippen LogP contribution in [0.15, 0.2) is 53.6 Å². The number of anilines is 1. The Morgan fingerprint density at radius 2 is 1.81 bits per heavy atom. The summed E-state index contributed by atoms with van der Waals surface area (Å²) in [6, 6.07) is 14.0. The van der Waals surface area contributed by atoms with Crippen LogP contribution in [0.1, 0.15) is 18.0 Å². The van der Waals surface area contributed by atoms with Crippen LogP contribution in [0.25, 0.3) is 0 Å². The van der Waals surface area contributed by atoms with Gasteiger partial charge in [-0.3, -0.25) is 5.01 Å². The molecule has 1 heterocycles. The van der Waals surface area contributed by atoms with Gasteiger partial charge in [0, 0.05) is 6.42 Å². The largest absolute Gasteiger partial charge is 0.497 e. The Kier molecular flexibility index (Phi) is 3.48. The van der Waals surface area contributed by atoms with E-state index in [4.69, 9.17) is 10.5 Å². The van der Waals surface area contributed by atoms with E-state index < -0.39 is 0 Å². The normalized spacial score (nSPS) is 17.7. The molecule has 0 spiro atoms. The molecule has 4 nitrogen and oxygen atoms in total. The molecule has 3 rings (SSSR count). The first kappa shape index (κ1) is 13.4. The van der Waals surface area contributed by atoms with E-state index in [1.165, 1.54) is 12.1 Å². The first-order valence-corrected chi connectivity index (χ1v) is 6.69. The van der Waals surface area contributed by atoms with Crippen molar-refractivity contribution in [2.75, 3.05) is 12.1 Å². The van der Waals surface area contributed by atoms with Crippen molar-refractivity contribution in [2.45, 2.75) is 12.5 Å². The van der Waals surface area contributed by atoms with E-state index >= 15 is 0 Å². The fraction of sp³-hybridized carbons (Fsp3) is 0.188. The topological polar surface area (TPSA) is 50.8 Å². The third-order valence-corrected chi connectivity index (χ3v) is 3.53. The van der Waals surface area contributed by atoms with E-state index in [1.807, 2.05) is 29.3 Å². The summed E-state index contributed by atoms with van der Waals surface area (Å²) in [5.74, 6) is 1.11. The highest BCUT2D eigenvalue weighted by Crippen LogP contribution is 2.34. The number of hydrazone groups is 1. The van der Waals surface area contributed by atoms with Crippen molar-refractivity contribution in [1.82, 2.24) is 0 Å². The van der Waals surface area contributed by atoms with Gasteiger partial charge < -0.3 is 10.5 Å². The monoisotopic (exact) mass is 285 g/mol. The summed E-state index contributed by atoms with van der Waals surface area (Å²) in [6.45, 7) is 0. The molecule has 0 fully saturated rings. The number of hydrogen-bond acceptors (Lipinski definition) is 4. The average Bonchev–Trinajstić information content (AvgIpc) is 2.90. The number of methoxy groups -OCH3 is 1. The summed E-state index contributed by atoms with van der Waals surface area (Å²) in [5, 5.41) is 6.25. The number of amidine groups is 1. The number of halogens is 1. The number of hydrogen-bond donors (Lipinski definition) is 1. The van der Waals surface area contributed by atoms with Crippen molar-refractivity contribution in [3.63, 3.8) is 0 Å². The maximum atomic E-state index is 13.1. The van der Waals surface area contributed by atoms with E-state index in [1.54, 1.807) is 19.2 Å². The molecular weight excluding hydrogens is 269 g/mol. The number of rotatable bonds is 3. The third-order valence-electron chi connectivity index (χ3n) is 3.53. The molecule has 0 amide bonds. The van der Waals surface area contributed by atoms with E-state index in [-0.39, 0.29) is 11.9 Å². The Bertz CT molecular complexity index is 652. The Labute approximate surface area is 122 Å². The minimum absolute atomic E-state index is 0.0148. The molecule has 0 unspecified atom stereocenters. The molecule has 1 atom stereocenters. The lowest BCUT2D eigenvalue weighted by molar-refractivity contribution is 0.415. The molecule has 0 saturated heterocycles. The molecular formula is C16H16FN3O. The fourth-order valence-corrected chi connectivity index (χ4v) is 2.45. The molecule has 0 aliphatic carbocycles. The number of benzene rings is 2. The van der Waals surface area contributed by atoms with Crippen LogP contribution < -0.4 is 15.5 Å². The van der Waals surface area contributed by atoms with Crippen molar-refractivity contribution in [2.24, 2.45) is 10.8 Å². The van der Waals surface area contributed by atoms with Crippen molar-refractivity contribution < 1.29 is 9.13 Å². The molecule has 5 heteroatoms. The second-order valence-electron chi connectivity index (χ2n) is 4.91. The van der Waals surface area contributed by atoms with Gasteiger partial charge >= 0.3 is 0 Å². The molecule has 21 heavy (non-hydrogen) atoms. The van der Waals surface area contributed by atoms with Gasteiger partial charge in [-0.1, -0.05) is 12.1 Å². The van der Waals surface area contributed by atoms with E-state index in [2.05, 4.69) is 5.10 Å². The van der Waals surface area contributed by atoms with Crippen molar-refractivity contribution >= 4 is 11.5 Å². The first-order chi connectivity index (χ1) is 10.2. The fourth-order valence-electron chi connectivity index (χ4n) is 2.45. The van der Waals surface area contributed by atoms with E-state index in [0.29, 0.717) is 12.3 Å². The van der Waals surface area contributed by atoms with Crippen LogP contribution in [0.3, 0.4) is 0 Å². The predicted octanol–water partition coefficient (Wildman–Crippen LogP) is 3.06. The quantitative estimate of drug-likeness (QED) is 0.943. The lowest BCUT2D eigenvalue weighted by atomic mass is 10.0. The second-order valence-corrected chi connectivity index (χ2v) is 4.91. The zero-order chi connectivity index (χ0) is 14.8. The van der Waals surface area contributed by atoms with Gasteiger partial charge in [0.1, 0.15) is 17.4 Å². The standard InChI is InChI=1S/C16H16FN3O/c1-21-14-8-6-13(7-9-14)20-15(10-16(18)19-20)11-2-4-12(17)5-3-11/h2-9,15H,10H2,1H3,(H2,18,19)/t15-/m0/s1. The van der Waals surface area contributed by atoms with Crippen molar-refractivity contribution in [3.8, 4) is 5.75 Å². The van der Waals surface area contributed by atoms with Gasteiger partial charge in [-0.05, 0) is 42.0 Å². The molecule has 2 N–H and O–H groups in total. The van der Waals surface area contributed by atoms with Gasteiger partial charge in [0.2, 0.25) is 0 Å². The summed E-state index contributed by atoms with van der Waals surface area (Å²) in [5.41, 5.74) is 7.79. The van der Waals surface area contributed by atoms with Gasteiger partial charge in [-0.2, -0.15) is 5.10 Å². The van der Waals surface area contributed by atoms with Crippen LogP contribution >= 0.6 is 0 Å². The summed E-state index contributed by atoms with van der Waals surface area (Å²) in [7, 11) is 1.63. The molecule has 0 radical (unpaired) electrons. The average molecular weight is 285 g/mol. The second kappa shape index (κ2) is 5.44. The van der Waals surface area contributed by atoms with Crippen LogP contribution in [0, 0.1) is 5.82 Å². The van der Waals surface area contributed by atoms with Crippen LogP contribution in [0.2, 0.25) is 0 Å². The lowest BCUT2D eigenvalue weighted by Gasteiger charge is -2.24. The van der Waals surface area contributed by atoms with Crippen molar-refractivity contribution in [3.05, 3.63) is 59.9 Å². The van der Waals surface area contributed by atoms with E-state index in [9.17, 15) is 4.39 Å². The summed E-state index contributed by atoms with van der Waals surface area (Å²) in [6.07, 6.45) is 0.623. The Morgan fingerprint density at radius 3 is 2.43 bits per heavy atom. The first-order valence-electron chi connectivity index (χ1n) is 6.69. The Balaban J connectivity index is 1.92. The highest BCUT2D eigenvalue weighted by Gasteiger charge is 2.27. The van der Waals surface area contributed by atoms with Gasteiger partial charge in [0.25, 0.3) is 0 Å². The minimum atomic E-state index is -0.248. The zero-order valence-corrected chi connectivity index (χ0v) is 11.7. The Hall–Kier alpha value is -2.56. The maximum Gasteiger partial charge on any atom is 0.123 e. The van der Waals surface area contributed by atoms with Crippen LogP contribution in [0.4, 0.5) is 10.1 Å². The van der Waals surface area contributed by atoms with Crippen LogP contribution in [-0.2, 0) is 0 Å². The number of nitrogens with two attached hydrogens (primary N) is 1. The Morgan fingerprint density at radius 1 is 1.14 bits per heavy atom. The molecule has 108 valence electrons. The molecule has 0 bridgehead atoms. The minimum Gasteiger partial charge on any atom is -0.497 e. The lowest BCUT2D eigenvalue weighted by Crippen LogP contribution is -2.18.